The quantitative estimate of drug-likeness (QED) is 0.907. The number of aromatic nitrogens is 4. The first kappa shape index (κ1) is 15.1. The first-order valence-electron chi connectivity index (χ1n) is 7.20. The molecule has 3 heterocycles. The molecule has 0 unspecified atom stereocenters. The number of hydrogen-bond acceptors (Lipinski definition) is 5. The van der Waals surface area contributed by atoms with Crippen molar-refractivity contribution in [3.05, 3.63) is 30.0 Å². The highest BCUT2D eigenvalue weighted by molar-refractivity contribution is 7.88. The van der Waals surface area contributed by atoms with Gasteiger partial charge in [-0.05, 0) is 25.7 Å². The second kappa shape index (κ2) is 5.77. The second-order valence-electron chi connectivity index (χ2n) is 5.74. The van der Waals surface area contributed by atoms with Crippen LogP contribution in [-0.2, 0) is 16.4 Å². The van der Waals surface area contributed by atoms with E-state index in [-0.39, 0.29) is 5.92 Å². The molecule has 1 aliphatic rings. The number of hydrogen-bond donors (Lipinski definition) is 1. The molecule has 1 saturated heterocycles. The van der Waals surface area contributed by atoms with Crippen LogP contribution in [0.4, 0.5) is 0 Å². The summed E-state index contributed by atoms with van der Waals surface area (Å²) in [5.41, 5.74) is 3.62. The monoisotopic (exact) mass is 321 g/mol. The van der Waals surface area contributed by atoms with Gasteiger partial charge in [0, 0.05) is 36.7 Å². The number of aromatic amines is 1. The minimum Gasteiger partial charge on any atom is -0.282 e. The molecule has 8 heteroatoms. The number of sulfonamides is 1. The van der Waals surface area contributed by atoms with Crippen LogP contribution in [0.5, 0.6) is 0 Å². The minimum absolute atomic E-state index is 0.275. The minimum atomic E-state index is -3.11. The van der Waals surface area contributed by atoms with Crippen molar-refractivity contribution >= 4 is 10.0 Å². The SMILES string of the molecule is Cc1[nH]ncc1-c1nccnc1C[C@@H]1CCN(S(C)(=O)=O)C1. The number of H-pyrrole nitrogens is 1. The molecule has 1 fully saturated rings. The van der Waals surface area contributed by atoms with Crippen molar-refractivity contribution in [3.63, 3.8) is 0 Å². The van der Waals surface area contributed by atoms with Crippen LogP contribution in [0.25, 0.3) is 11.3 Å². The summed E-state index contributed by atoms with van der Waals surface area (Å²) in [6, 6.07) is 0. The highest BCUT2D eigenvalue weighted by Gasteiger charge is 2.29. The van der Waals surface area contributed by atoms with E-state index in [2.05, 4.69) is 20.2 Å². The van der Waals surface area contributed by atoms with Crippen molar-refractivity contribution in [2.24, 2.45) is 5.92 Å². The molecule has 0 aliphatic carbocycles. The Labute approximate surface area is 129 Å². The van der Waals surface area contributed by atoms with Gasteiger partial charge in [-0.25, -0.2) is 12.7 Å². The third-order valence-electron chi connectivity index (χ3n) is 4.06. The Morgan fingerprint density at radius 3 is 2.77 bits per heavy atom. The second-order valence-corrected chi connectivity index (χ2v) is 7.72. The van der Waals surface area contributed by atoms with Gasteiger partial charge in [-0.2, -0.15) is 5.10 Å². The van der Waals surface area contributed by atoms with E-state index in [1.54, 1.807) is 18.6 Å². The lowest BCUT2D eigenvalue weighted by Crippen LogP contribution is -2.27. The molecule has 0 aromatic carbocycles. The van der Waals surface area contributed by atoms with Gasteiger partial charge in [0.2, 0.25) is 10.0 Å². The van der Waals surface area contributed by atoms with Gasteiger partial charge >= 0.3 is 0 Å². The molecule has 0 saturated carbocycles. The van der Waals surface area contributed by atoms with Crippen molar-refractivity contribution in [1.29, 1.82) is 0 Å². The highest BCUT2D eigenvalue weighted by atomic mass is 32.2. The van der Waals surface area contributed by atoms with Crippen LogP contribution >= 0.6 is 0 Å². The normalized spacial score (nSPS) is 19.6. The first-order valence-corrected chi connectivity index (χ1v) is 9.05. The Kier molecular flexibility index (Phi) is 3.96. The van der Waals surface area contributed by atoms with Crippen molar-refractivity contribution in [2.45, 2.75) is 19.8 Å². The van der Waals surface area contributed by atoms with Gasteiger partial charge in [0.15, 0.2) is 0 Å². The fraction of sp³-hybridized carbons (Fsp3) is 0.500. The van der Waals surface area contributed by atoms with Gasteiger partial charge in [0.05, 0.1) is 23.8 Å². The molecule has 1 aliphatic heterocycles. The summed E-state index contributed by atoms with van der Waals surface area (Å²) in [5.74, 6) is 0.275. The van der Waals surface area contributed by atoms with Gasteiger partial charge in [-0.1, -0.05) is 0 Å². The van der Waals surface area contributed by atoms with Crippen LogP contribution < -0.4 is 0 Å². The zero-order valence-corrected chi connectivity index (χ0v) is 13.5. The van der Waals surface area contributed by atoms with E-state index in [1.807, 2.05) is 6.92 Å². The van der Waals surface area contributed by atoms with Crippen molar-refractivity contribution in [3.8, 4) is 11.3 Å². The Bertz CT molecular complexity index is 771. The molecule has 0 spiro atoms. The summed E-state index contributed by atoms with van der Waals surface area (Å²) in [6.07, 6.45) is 7.94. The molecule has 3 rings (SSSR count). The van der Waals surface area contributed by atoms with Crippen molar-refractivity contribution < 1.29 is 8.42 Å². The van der Waals surface area contributed by atoms with Crippen LogP contribution in [0.1, 0.15) is 17.8 Å². The smallest absolute Gasteiger partial charge is 0.211 e. The summed E-state index contributed by atoms with van der Waals surface area (Å²) in [4.78, 5) is 8.89. The predicted octanol–water partition coefficient (Wildman–Crippen LogP) is 0.999. The van der Waals surface area contributed by atoms with Gasteiger partial charge in [0.25, 0.3) is 0 Å². The topological polar surface area (TPSA) is 91.8 Å². The van der Waals surface area contributed by atoms with Crippen LogP contribution in [0.15, 0.2) is 18.6 Å². The fourth-order valence-electron chi connectivity index (χ4n) is 2.87. The van der Waals surface area contributed by atoms with Gasteiger partial charge < -0.3 is 0 Å². The maximum Gasteiger partial charge on any atom is 0.211 e. The maximum atomic E-state index is 11.6. The number of nitrogens with zero attached hydrogens (tertiary/aromatic N) is 4. The molecular weight excluding hydrogens is 302 g/mol. The Morgan fingerprint density at radius 2 is 2.14 bits per heavy atom. The van der Waals surface area contributed by atoms with E-state index in [9.17, 15) is 8.42 Å². The lowest BCUT2D eigenvalue weighted by Gasteiger charge is -2.14. The molecule has 1 atom stereocenters. The van der Waals surface area contributed by atoms with Crippen LogP contribution in [0.3, 0.4) is 0 Å². The van der Waals surface area contributed by atoms with Gasteiger partial charge in [-0.15, -0.1) is 0 Å². The lowest BCUT2D eigenvalue weighted by molar-refractivity contribution is 0.459. The molecule has 0 amide bonds. The van der Waals surface area contributed by atoms with Crippen LogP contribution in [-0.4, -0.2) is 52.2 Å². The van der Waals surface area contributed by atoms with Crippen molar-refractivity contribution in [2.75, 3.05) is 19.3 Å². The van der Waals surface area contributed by atoms with Gasteiger partial charge in [0.1, 0.15) is 0 Å². The summed E-state index contributed by atoms with van der Waals surface area (Å²) in [7, 11) is -3.11. The summed E-state index contributed by atoms with van der Waals surface area (Å²) >= 11 is 0. The molecular formula is C14H19N5O2S. The lowest BCUT2D eigenvalue weighted by atomic mass is 9.99. The molecule has 22 heavy (non-hydrogen) atoms. The van der Waals surface area contributed by atoms with E-state index in [4.69, 9.17) is 0 Å². The van der Waals surface area contributed by atoms with Crippen LogP contribution in [0.2, 0.25) is 0 Å². The molecule has 2 aromatic heterocycles. The van der Waals surface area contributed by atoms with E-state index in [0.717, 1.165) is 35.5 Å². The Balaban J connectivity index is 1.81. The molecule has 1 N–H and O–H groups in total. The highest BCUT2D eigenvalue weighted by Crippen LogP contribution is 2.27. The van der Waals surface area contributed by atoms with E-state index < -0.39 is 10.0 Å². The van der Waals surface area contributed by atoms with Crippen molar-refractivity contribution in [1.82, 2.24) is 24.5 Å². The number of nitrogens with one attached hydrogen (secondary N) is 1. The van der Waals surface area contributed by atoms with Crippen LogP contribution in [0, 0.1) is 12.8 Å². The summed E-state index contributed by atoms with van der Waals surface area (Å²) < 4.78 is 24.8. The molecule has 0 radical (unpaired) electrons. The van der Waals surface area contributed by atoms with E-state index in [1.165, 1.54) is 10.6 Å². The fourth-order valence-corrected chi connectivity index (χ4v) is 3.79. The average molecular weight is 321 g/mol. The Morgan fingerprint density at radius 1 is 1.36 bits per heavy atom. The van der Waals surface area contributed by atoms with E-state index >= 15 is 0 Å². The van der Waals surface area contributed by atoms with E-state index in [0.29, 0.717) is 13.1 Å². The average Bonchev–Trinajstić information content (AvgIpc) is 3.08. The standard InChI is InChI=1S/C14H19N5O2S/c1-10-12(8-17-18-10)14-13(15-4-5-16-14)7-11-3-6-19(9-11)22(2,20)21/h4-5,8,11H,3,6-7,9H2,1-2H3,(H,17,18)/t11-/m0/s1. The zero-order valence-electron chi connectivity index (χ0n) is 12.7. The first-order chi connectivity index (χ1) is 10.4. The number of aryl methyl sites for hydroxylation is 1. The predicted molar refractivity (Wildman–Crippen MR) is 82.6 cm³/mol. The molecule has 0 bridgehead atoms. The van der Waals surface area contributed by atoms with Gasteiger partial charge in [-0.3, -0.25) is 15.1 Å². The maximum absolute atomic E-state index is 11.6. The molecule has 7 nitrogen and oxygen atoms in total. The third-order valence-corrected chi connectivity index (χ3v) is 5.33. The summed E-state index contributed by atoms with van der Waals surface area (Å²) in [6.45, 7) is 3.09. The largest absolute Gasteiger partial charge is 0.282 e. The molecule has 2 aromatic rings. The molecule has 118 valence electrons. The zero-order chi connectivity index (χ0) is 15.7. The third kappa shape index (κ3) is 3.02. The number of rotatable bonds is 4. The summed E-state index contributed by atoms with van der Waals surface area (Å²) in [5, 5.41) is 6.94. The Hall–Kier alpha value is -1.80.